The molecule has 0 spiro atoms. The van der Waals surface area contributed by atoms with Crippen LogP contribution in [0, 0.1) is 5.82 Å². The molecule has 0 aliphatic heterocycles. The molecule has 0 amide bonds. The van der Waals surface area contributed by atoms with Gasteiger partial charge in [0.15, 0.2) is 0 Å². The number of pyridine rings is 1. The van der Waals surface area contributed by atoms with Crippen LogP contribution in [-0.2, 0) is 24.3 Å². The molecule has 0 bridgehead atoms. The van der Waals surface area contributed by atoms with Crippen LogP contribution in [0.5, 0.6) is 0 Å². The molecule has 2 aromatic rings. The van der Waals surface area contributed by atoms with Gasteiger partial charge in [-0.25, -0.2) is 4.39 Å². The smallest absolute Gasteiger partial charge is 0.129 e. The van der Waals surface area contributed by atoms with Crippen molar-refractivity contribution < 1.29 is 9.13 Å². The van der Waals surface area contributed by atoms with Crippen LogP contribution in [0.4, 0.5) is 4.39 Å². The quantitative estimate of drug-likeness (QED) is 0.790. The lowest BCUT2D eigenvalue weighted by Crippen LogP contribution is -2.02. The van der Waals surface area contributed by atoms with Crippen molar-refractivity contribution in [2.75, 3.05) is 6.61 Å². The Kier molecular flexibility index (Phi) is 5.65. The molecule has 1 heterocycles. The largest absolute Gasteiger partial charge is 0.377 e. The summed E-state index contributed by atoms with van der Waals surface area (Å²) in [7, 11) is 0. The number of aryl methyl sites for hydroxylation is 1. The van der Waals surface area contributed by atoms with E-state index in [0.717, 1.165) is 18.4 Å². The van der Waals surface area contributed by atoms with Gasteiger partial charge < -0.3 is 10.5 Å². The highest BCUT2D eigenvalue weighted by Gasteiger charge is 2.03. The highest BCUT2D eigenvalue weighted by Crippen LogP contribution is 2.11. The molecule has 0 fully saturated rings. The molecule has 0 aliphatic carbocycles. The lowest BCUT2D eigenvalue weighted by atomic mass is 10.1. The molecule has 1 aromatic heterocycles. The van der Waals surface area contributed by atoms with Gasteiger partial charge in [0.05, 0.1) is 6.61 Å². The molecule has 106 valence electrons. The van der Waals surface area contributed by atoms with E-state index >= 15 is 0 Å². The van der Waals surface area contributed by atoms with Crippen LogP contribution in [0.3, 0.4) is 0 Å². The third-order valence-electron chi connectivity index (χ3n) is 3.11. The Labute approximate surface area is 118 Å². The lowest BCUT2D eigenvalue weighted by Gasteiger charge is -2.07. The van der Waals surface area contributed by atoms with Crippen molar-refractivity contribution in [3.05, 3.63) is 65.2 Å². The number of halogens is 1. The van der Waals surface area contributed by atoms with Crippen molar-refractivity contribution in [1.29, 1.82) is 0 Å². The van der Waals surface area contributed by atoms with Crippen LogP contribution in [0.15, 0.2) is 42.7 Å². The van der Waals surface area contributed by atoms with E-state index in [2.05, 4.69) is 4.98 Å². The van der Waals surface area contributed by atoms with Crippen LogP contribution < -0.4 is 5.73 Å². The molecule has 3 nitrogen and oxygen atoms in total. The van der Waals surface area contributed by atoms with Crippen molar-refractivity contribution in [3.63, 3.8) is 0 Å². The Morgan fingerprint density at radius 3 is 2.60 bits per heavy atom. The van der Waals surface area contributed by atoms with E-state index in [1.54, 1.807) is 18.5 Å². The zero-order valence-corrected chi connectivity index (χ0v) is 11.4. The monoisotopic (exact) mass is 274 g/mol. The summed E-state index contributed by atoms with van der Waals surface area (Å²) in [6.45, 7) is 1.26. The highest BCUT2D eigenvalue weighted by molar-refractivity contribution is 5.23. The number of aromatic nitrogens is 1. The Morgan fingerprint density at radius 2 is 1.90 bits per heavy atom. The van der Waals surface area contributed by atoms with Crippen LogP contribution in [0.1, 0.15) is 23.1 Å². The number of rotatable bonds is 7. The minimum atomic E-state index is -0.248. The average Bonchev–Trinajstić information content (AvgIpc) is 2.49. The van der Waals surface area contributed by atoms with E-state index in [1.165, 1.54) is 11.6 Å². The first-order chi connectivity index (χ1) is 9.79. The molecule has 0 saturated heterocycles. The summed E-state index contributed by atoms with van der Waals surface area (Å²) < 4.78 is 19.2. The summed E-state index contributed by atoms with van der Waals surface area (Å²) in [5.74, 6) is -0.248. The van der Waals surface area contributed by atoms with E-state index in [4.69, 9.17) is 10.5 Å². The van der Waals surface area contributed by atoms with Gasteiger partial charge in [-0.3, -0.25) is 4.98 Å². The number of nitrogens with zero attached hydrogens (tertiary/aromatic N) is 1. The first-order valence-electron chi connectivity index (χ1n) is 6.73. The van der Waals surface area contributed by atoms with Crippen LogP contribution in [0.2, 0.25) is 0 Å². The molecule has 2 rings (SSSR count). The summed E-state index contributed by atoms with van der Waals surface area (Å²) >= 11 is 0. The van der Waals surface area contributed by atoms with Crippen molar-refractivity contribution in [1.82, 2.24) is 4.98 Å². The summed E-state index contributed by atoms with van der Waals surface area (Å²) in [5.41, 5.74) is 8.07. The normalized spacial score (nSPS) is 10.7. The second-order valence-electron chi connectivity index (χ2n) is 4.64. The van der Waals surface area contributed by atoms with Gasteiger partial charge in [0.25, 0.3) is 0 Å². The van der Waals surface area contributed by atoms with Gasteiger partial charge in [-0.2, -0.15) is 0 Å². The van der Waals surface area contributed by atoms with E-state index in [-0.39, 0.29) is 5.82 Å². The second-order valence-corrected chi connectivity index (χ2v) is 4.64. The first-order valence-corrected chi connectivity index (χ1v) is 6.73. The van der Waals surface area contributed by atoms with Crippen molar-refractivity contribution in [2.45, 2.75) is 26.0 Å². The van der Waals surface area contributed by atoms with Crippen LogP contribution in [-0.4, -0.2) is 11.6 Å². The van der Waals surface area contributed by atoms with Crippen molar-refractivity contribution in [3.8, 4) is 0 Å². The van der Waals surface area contributed by atoms with E-state index < -0.39 is 0 Å². The maximum absolute atomic E-state index is 13.7. The molecule has 2 N–H and O–H groups in total. The number of nitrogens with two attached hydrogens (primary N) is 1. The number of ether oxygens (including phenoxy) is 1. The molecule has 4 heteroatoms. The number of hydrogen-bond acceptors (Lipinski definition) is 3. The van der Waals surface area contributed by atoms with E-state index in [9.17, 15) is 4.39 Å². The van der Waals surface area contributed by atoms with Crippen molar-refractivity contribution in [2.24, 2.45) is 5.73 Å². The van der Waals surface area contributed by atoms with Gasteiger partial charge in [-0.15, -0.1) is 0 Å². The maximum atomic E-state index is 13.7. The second kappa shape index (κ2) is 7.72. The number of benzene rings is 1. The molecule has 0 atom stereocenters. The third kappa shape index (κ3) is 4.40. The molecule has 20 heavy (non-hydrogen) atoms. The zero-order valence-electron chi connectivity index (χ0n) is 11.4. The Balaban J connectivity index is 1.71. The molecular weight excluding hydrogens is 255 g/mol. The highest BCUT2D eigenvalue weighted by atomic mass is 19.1. The predicted molar refractivity (Wildman–Crippen MR) is 76.5 cm³/mol. The SMILES string of the molecule is NCc1ccc(COCCCc2ccncc2)c(F)c1. The standard InChI is InChI=1S/C16H19FN2O/c17-16-10-14(11-18)3-4-15(16)12-20-9-1-2-13-5-7-19-8-6-13/h3-8,10H,1-2,9,11-12,18H2. The zero-order chi connectivity index (χ0) is 14.2. The minimum Gasteiger partial charge on any atom is -0.377 e. The minimum absolute atomic E-state index is 0.248. The summed E-state index contributed by atoms with van der Waals surface area (Å²) in [6.07, 6.45) is 5.42. The van der Waals surface area contributed by atoms with Gasteiger partial charge >= 0.3 is 0 Å². The van der Waals surface area contributed by atoms with Crippen molar-refractivity contribution >= 4 is 0 Å². The first kappa shape index (κ1) is 14.6. The third-order valence-corrected chi connectivity index (χ3v) is 3.11. The molecule has 0 unspecified atom stereocenters. The summed E-state index contributed by atoms with van der Waals surface area (Å²) in [5, 5.41) is 0. The lowest BCUT2D eigenvalue weighted by molar-refractivity contribution is 0.116. The molecular formula is C16H19FN2O. The van der Waals surface area contributed by atoms with Crippen LogP contribution in [0.25, 0.3) is 0 Å². The fourth-order valence-corrected chi connectivity index (χ4v) is 1.94. The van der Waals surface area contributed by atoms with Gasteiger partial charge in [-0.05, 0) is 42.2 Å². The Morgan fingerprint density at radius 1 is 1.10 bits per heavy atom. The fraction of sp³-hybridized carbons (Fsp3) is 0.312. The van der Waals surface area contributed by atoms with Gasteiger partial charge in [-0.1, -0.05) is 12.1 Å². The topological polar surface area (TPSA) is 48.1 Å². The Bertz CT molecular complexity index is 531. The van der Waals surface area contributed by atoms with Gasteiger partial charge in [0.2, 0.25) is 0 Å². The fourth-order valence-electron chi connectivity index (χ4n) is 1.94. The number of hydrogen-bond donors (Lipinski definition) is 1. The van der Waals surface area contributed by atoms with E-state index in [0.29, 0.717) is 25.3 Å². The Hall–Kier alpha value is -1.78. The van der Waals surface area contributed by atoms with Crippen LogP contribution >= 0.6 is 0 Å². The molecule has 0 aliphatic rings. The predicted octanol–water partition coefficient (Wildman–Crippen LogP) is 2.83. The van der Waals surface area contributed by atoms with Gasteiger partial charge in [0, 0.05) is 31.1 Å². The molecule has 0 radical (unpaired) electrons. The summed E-state index contributed by atoms with van der Waals surface area (Å²) in [6, 6.07) is 9.02. The maximum Gasteiger partial charge on any atom is 0.129 e. The molecule has 1 aromatic carbocycles. The van der Waals surface area contributed by atoms with Gasteiger partial charge in [0.1, 0.15) is 5.82 Å². The summed E-state index contributed by atoms with van der Waals surface area (Å²) in [4.78, 5) is 3.97. The molecule has 0 saturated carbocycles. The van der Waals surface area contributed by atoms with E-state index in [1.807, 2.05) is 18.2 Å². The average molecular weight is 274 g/mol.